The average molecular weight is 330 g/mol. The molecule has 0 radical (unpaired) electrons. The van der Waals surface area contributed by atoms with Crippen molar-refractivity contribution in [1.29, 1.82) is 0 Å². The van der Waals surface area contributed by atoms with E-state index in [-0.39, 0.29) is 11.6 Å². The largest absolute Gasteiger partial charge is 0.488 e. The van der Waals surface area contributed by atoms with Gasteiger partial charge in [0.05, 0.1) is 10.6 Å². The predicted octanol–water partition coefficient (Wildman–Crippen LogP) is 4.35. The highest BCUT2D eigenvalue weighted by Crippen LogP contribution is 2.27. The Balaban J connectivity index is 2.25. The Labute approximate surface area is 131 Å². The molecule has 0 spiro atoms. The SMILES string of the molecule is NC(=S)c1c(Cl)cccc1OCc1cc(Cl)ccc1F. The molecule has 6 heteroatoms. The lowest BCUT2D eigenvalue weighted by Gasteiger charge is -2.12. The molecule has 2 aromatic rings. The van der Waals surface area contributed by atoms with Crippen LogP contribution in [0.15, 0.2) is 36.4 Å². The molecule has 20 heavy (non-hydrogen) atoms. The summed E-state index contributed by atoms with van der Waals surface area (Å²) in [6.45, 7) is 0.00233. The number of hydrogen-bond acceptors (Lipinski definition) is 2. The van der Waals surface area contributed by atoms with E-state index in [1.54, 1.807) is 18.2 Å². The van der Waals surface area contributed by atoms with E-state index in [0.29, 0.717) is 26.9 Å². The molecule has 2 nitrogen and oxygen atoms in total. The van der Waals surface area contributed by atoms with Crippen LogP contribution in [-0.2, 0) is 6.61 Å². The van der Waals surface area contributed by atoms with E-state index >= 15 is 0 Å². The van der Waals surface area contributed by atoms with Gasteiger partial charge in [0.2, 0.25) is 0 Å². The van der Waals surface area contributed by atoms with Gasteiger partial charge in [0.25, 0.3) is 0 Å². The minimum absolute atomic E-state index is 0.00233. The first-order chi connectivity index (χ1) is 9.49. The molecular formula is C14H10Cl2FNOS. The van der Waals surface area contributed by atoms with E-state index in [0.717, 1.165) is 0 Å². The Hall–Kier alpha value is -1.36. The number of halogens is 3. The fourth-order valence-electron chi connectivity index (χ4n) is 1.67. The van der Waals surface area contributed by atoms with Gasteiger partial charge in [-0.1, -0.05) is 41.5 Å². The molecule has 2 aromatic carbocycles. The highest BCUT2D eigenvalue weighted by molar-refractivity contribution is 7.80. The van der Waals surface area contributed by atoms with Crippen molar-refractivity contribution in [1.82, 2.24) is 0 Å². The summed E-state index contributed by atoms with van der Waals surface area (Å²) in [5.74, 6) is 0.0117. The van der Waals surface area contributed by atoms with Gasteiger partial charge < -0.3 is 10.5 Å². The van der Waals surface area contributed by atoms with Crippen LogP contribution in [0.5, 0.6) is 5.75 Å². The normalized spacial score (nSPS) is 10.3. The summed E-state index contributed by atoms with van der Waals surface area (Å²) >= 11 is 16.8. The van der Waals surface area contributed by atoms with Crippen molar-refractivity contribution in [2.24, 2.45) is 5.73 Å². The van der Waals surface area contributed by atoms with Gasteiger partial charge in [0.15, 0.2) is 0 Å². The topological polar surface area (TPSA) is 35.2 Å². The lowest BCUT2D eigenvalue weighted by Crippen LogP contribution is -2.12. The number of ether oxygens (including phenoxy) is 1. The first kappa shape index (κ1) is 15.0. The number of benzene rings is 2. The van der Waals surface area contributed by atoms with Gasteiger partial charge in [0, 0.05) is 10.6 Å². The third-order valence-corrected chi connectivity index (χ3v) is 3.37. The van der Waals surface area contributed by atoms with Gasteiger partial charge >= 0.3 is 0 Å². The molecule has 2 rings (SSSR count). The summed E-state index contributed by atoms with van der Waals surface area (Å²) in [6.07, 6.45) is 0. The van der Waals surface area contributed by atoms with Crippen molar-refractivity contribution in [2.45, 2.75) is 6.61 Å². The number of thiocarbonyl (C=S) groups is 1. The average Bonchev–Trinajstić information content (AvgIpc) is 2.39. The zero-order chi connectivity index (χ0) is 14.7. The van der Waals surface area contributed by atoms with Gasteiger partial charge in [-0.15, -0.1) is 0 Å². The number of nitrogens with two attached hydrogens (primary N) is 1. The molecular weight excluding hydrogens is 320 g/mol. The maximum atomic E-state index is 13.6. The molecule has 104 valence electrons. The molecule has 0 atom stereocenters. The second kappa shape index (κ2) is 6.39. The molecule has 0 aromatic heterocycles. The zero-order valence-corrected chi connectivity index (χ0v) is 12.5. The fourth-order valence-corrected chi connectivity index (χ4v) is 2.40. The molecule has 0 aliphatic rings. The molecule has 0 heterocycles. The first-order valence-corrected chi connectivity index (χ1v) is 6.80. The van der Waals surface area contributed by atoms with E-state index in [4.69, 9.17) is 45.9 Å². The monoisotopic (exact) mass is 329 g/mol. The zero-order valence-electron chi connectivity index (χ0n) is 10.2. The Kier molecular flexibility index (Phi) is 4.81. The van der Waals surface area contributed by atoms with Crippen molar-refractivity contribution in [3.8, 4) is 5.75 Å². The molecule has 0 amide bonds. The van der Waals surface area contributed by atoms with Crippen LogP contribution < -0.4 is 10.5 Å². The lowest BCUT2D eigenvalue weighted by atomic mass is 10.2. The van der Waals surface area contributed by atoms with E-state index in [9.17, 15) is 4.39 Å². The van der Waals surface area contributed by atoms with Crippen molar-refractivity contribution >= 4 is 40.4 Å². The van der Waals surface area contributed by atoms with Gasteiger partial charge in [-0.05, 0) is 30.3 Å². The van der Waals surface area contributed by atoms with Crippen LogP contribution in [0.2, 0.25) is 10.0 Å². The van der Waals surface area contributed by atoms with Crippen LogP contribution in [-0.4, -0.2) is 4.99 Å². The van der Waals surface area contributed by atoms with Crippen molar-refractivity contribution < 1.29 is 9.13 Å². The predicted molar refractivity (Wildman–Crippen MR) is 83.1 cm³/mol. The third-order valence-electron chi connectivity index (χ3n) is 2.61. The third kappa shape index (κ3) is 3.39. The van der Waals surface area contributed by atoms with Gasteiger partial charge in [-0.3, -0.25) is 0 Å². The Morgan fingerprint density at radius 1 is 1.25 bits per heavy atom. The lowest BCUT2D eigenvalue weighted by molar-refractivity contribution is 0.299. The van der Waals surface area contributed by atoms with E-state index < -0.39 is 5.82 Å². The highest BCUT2D eigenvalue weighted by atomic mass is 35.5. The van der Waals surface area contributed by atoms with E-state index in [2.05, 4.69) is 0 Å². The standard InChI is InChI=1S/C14H10Cl2FNOS/c15-9-4-5-11(17)8(6-9)7-19-12-3-1-2-10(16)13(12)14(18)20/h1-6H,7H2,(H2,18,20). The molecule has 2 N–H and O–H groups in total. The summed E-state index contributed by atoms with van der Waals surface area (Å²) in [5.41, 5.74) is 6.39. The van der Waals surface area contributed by atoms with Gasteiger partial charge in [-0.2, -0.15) is 0 Å². The van der Waals surface area contributed by atoms with Gasteiger partial charge in [-0.25, -0.2) is 4.39 Å². The summed E-state index contributed by atoms with van der Waals surface area (Å²) in [5, 5.41) is 0.826. The van der Waals surface area contributed by atoms with Crippen LogP contribution in [0.3, 0.4) is 0 Å². The van der Waals surface area contributed by atoms with Crippen LogP contribution in [0.25, 0.3) is 0 Å². The highest BCUT2D eigenvalue weighted by Gasteiger charge is 2.12. The Morgan fingerprint density at radius 3 is 2.70 bits per heavy atom. The quantitative estimate of drug-likeness (QED) is 0.847. The van der Waals surface area contributed by atoms with Crippen LogP contribution in [0.1, 0.15) is 11.1 Å². The smallest absolute Gasteiger partial charge is 0.131 e. The van der Waals surface area contributed by atoms with E-state index in [1.807, 2.05) is 0 Å². The maximum Gasteiger partial charge on any atom is 0.131 e. The number of hydrogen-bond donors (Lipinski definition) is 1. The minimum atomic E-state index is -0.395. The fraction of sp³-hybridized carbons (Fsp3) is 0.0714. The van der Waals surface area contributed by atoms with E-state index in [1.165, 1.54) is 18.2 Å². The Bertz CT molecular complexity index is 664. The van der Waals surface area contributed by atoms with Crippen LogP contribution >= 0.6 is 35.4 Å². The summed E-state index contributed by atoms with van der Waals surface area (Å²) < 4.78 is 19.1. The van der Waals surface area contributed by atoms with Crippen LogP contribution in [0, 0.1) is 5.82 Å². The minimum Gasteiger partial charge on any atom is -0.488 e. The summed E-state index contributed by atoms with van der Waals surface area (Å²) in [7, 11) is 0. The molecule has 0 saturated carbocycles. The molecule has 0 aliphatic carbocycles. The second-order valence-corrected chi connectivity index (χ2v) is 5.29. The van der Waals surface area contributed by atoms with Crippen molar-refractivity contribution in [3.63, 3.8) is 0 Å². The molecule has 0 saturated heterocycles. The first-order valence-electron chi connectivity index (χ1n) is 5.64. The van der Waals surface area contributed by atoms with Crippen LogP contribution in [0.4, 0.5) is 4.39 Å². The molecule has 0 unspecified atom stereocenters. The maximum absolute atomic E-state index is 13.6. The van der Waals surface area contributed by atoms with Crippen molar-refractivity contribution in [3.05, 3.63) is 63.4 Å². The summed E-state index contributed by atoms with van der Waals surface area (Å²) in [4.78, 5) is 0.122. The number of rotatable bonds is 4. The summed E-state index contributed by atoms with van der Waals surface area (Å²) in [6, 6.07) is 9.29. The molecule has 0 fully saturated rings. The molecule has 0 aliphatic heterocycles. The Morgan fingerprint density at radius 2 is 2.00 bits per heavy atom. The second-order valence-electron chi connectivity index (χ2n) is 4.00. The van der Waals surface area contributed by atoms with Gasteiger partial charge in [0.1, 0.15) is 23.2 Å². The molecule has 0 bridgehead atoms. The van der Waals surface area contributed by atoms with Crippen molar-refractivity contribution in [2.75, 3.05) is 0 Å².